The fraction of sp³-hybridized carbons (Fsp3) is 0.588. The summed E-state index contributed by atoms with van der Waals surface area (Å²) in [6, 6.07) is 4.94. The second kappa shape index (κ2) is 8.30. The van der Waals surface area contributed by atoms with Gasteiger partial charge in [0.15, 0.2) is 5.79 Å². The van der Waals surface area contributed by atoms with Gasteiger partial charge in [0, 0.05) is 18.5 Å². The van der Waals surface area contributed by atoms with Crippen molar-refractivity contribution in [3.05, 3.63) is 29.8 Å². The van der Waals surface area contributed by atoms with Crippen molar-refractivity contribution in [2.24, 2.45) is 0 Å². The zero-order valence-corrected chi connectivity index (χ0v) is 14.3. The van der Waals surface area contributed by atoms with Gasteiger partial charge in [0.2, 0.25) is 0 Å². The second-order valence-corrected chi connectivity index (χ2v) is 6.67. The summed E-state index contributed by atoms with van der Waals surface area (Å²) in [7, 11) is 0. The predicted molar refractivity (Wildman–Crippen MR) is 89.2 cm³/mol. The van der Waals surface area contributed by atoms with Crippen LogP contribution in [0.5, 0.6) is 5.75 Å². The third-order valence-corrected chi connectivity index (χ3v) is 4.44. The molecule has 0 amide bonds. The number of phenols is 1. The third-order valence-electron chi connectivity index (χ3n) is 4.44. The SMILES string of the molecule is CC(C[C@@]1(O)OC[C@@H](O)[C@H](O)[C@H]1O)NC(CC(=O)O)c1ccc(O)cc1. The summed E-state index contributed by atoms with van der Waals surface area (Å²) in [6.45, 7) is 1.33. The van der Waals surface area contributed by atoms with Crippen LogP contribution in [-0.2, 0) is 9.53 Å². The molecule has 0 spiro atoms. The minimum absolute atomic E-state index is 0.0523. The molecule has 0 saturated carbocycles. The van der Waals surface area contributed by atoms with Crippen molar-refractivity contribution in [2.75, 3.05) is 6.61 Å². The minimum atomic E-state index is -2.08. The van der Waals surface area contributed by atoms with Gasteiger partial charge in [0.1, 0.15) is 24.1 Å². The van der Waals surface area contributed by atoms with Gasteiger partial charge in [0.05, 0.1) is 13.0 Å². The molecule has 1 heterocycles. The molecule has 1 fully saturated rings. The number of aliphatic hydroxyl groups is 4. The standard InChI is InChI=1S/C17H25NO8/c1-9(7-17(25)16(24)15(23)13(20)8-26-17)18-12(6-14(21)22)10-2-4-11(19)5-3-10/h2-5,9,12-13,15-16,18-20,23-25H,6-8H2,1H3,(H,21,22)/t9?,12?,13-,15+,16-,17-/m1/s1. The molecule has 1 aliphatic rings. The van der Waals surface area contributed by atoms with Crippen molar-refractivity contribution < 1.29 is 40.2 Å². The summed E-state index contributed by atoms with van der Waals surface area (Å²) in [5.74, 6) is -3.06. The molecule has 1 saturated heterocycles. The van der Waals surface area contributed by atoms with E-state index in [0.717, 1.165) is 0 Å². The quantitative estimate of drug-likeness (QED) is 0.321. The van der Waals surface area contributed by atoms with Crippen LogP contribution in [0.2, 0.25) is 0 Å². The maximum absolute atomic E-state index is 11.2. The van der Waals surface area contributed by atoms with E-state index < -0.39 is 42.2 Å². The molecule has 9 heteroatoms. The number of nitrogens with one attached hydrogen (secondary N) is 1. The molecule has 1 aromatic rings. The molecule has 146 valence electrons. The van der Waals surface area contributed by atoms with Crippen LogP contribution >= 0.6 is 0 Å². The van der Waals surface area contributed by atoms with E-state index in [2.05, 4.69) is 5.32 Å². The van der Waals surface area contributed by atoms with Crippen molar-refractivity contribution in [2.45, 2.75) is 55.9 Å². The number of rotatable bonds is 7. The van der Waals surface area contributed by atoms with E-state index >= 15 is 0 Å². The van der Waals surface area contributed by atoms with E-state index in [1.165, 1.54) is 12.1 Å². The highest BCUT2D eigenvalue weighted by atomic mass is 16.6. The number of aliphatic hydroxyl groups excluding tert-OH is 3. The van der Waals surface area contributed by atoms with Crippen LogP contribution < -0.4 is 5.32 Å². The first-order valence-corrected chi connectivity index (χ1v) is 8.29. The Kier molecular flexibility index (Phi) is 6.56. The predicted octanol–water partition coefficient (Wildman–Crippen LogP) is -0.922. The molecule has 9 nitrogen and oxygen atoms in total. The van der Waals surface area contributed by atoms with Crippen LogP contribution in [0.25, 0.3) is 0 Å². The van der Waals surface area contributed by atoms with Gasteiger partial charge in [-0.25, -0.2) is 0 Å². The van der Waals surface area contributed by atoms with Gasteiger partial charge in [-0.15, -0.1) is 0 Å². The summed E-state index contributed by atoms with van der Waals surface area (Å²) in [6.07, 6.45) is -4.94. The lowest BCUT2D eigenvalue weighted by Crippen LogP contribution is -2.62. The van der Waals surface area contributed by atoms with Crippen molar-refractivity contribution in [1.82, 2.24) is 5.32 Å². The first-order chi connectivity index (χ1) is 12.1. The summed E-state index contributed by atoms with van der Waals surface area (Å²) in [5.41, 5.74) is 0.629. The third kappa shape index (κ3) is 4.91. The van der Waals surface area contributed by atoms with Crippen molar-refractivity contribution in [1.29, 1.82) is 0 Å². The lowest BCUT2D eigenvalue weighted by Gasteiger charge is -2.43. The fourth-order valence-electron chi connectivity index (χ4n) is 3.07. The summed E-state index contributed by atoms with van der Waals surface area (Å²) < 4.78 is 5.12. The van der Waals surface area contributed by atoms with E-state index in [1.54, 1.807) is 19.1 Å². The number of hydrogen-bond acceptors (Lipinski definition) is 8. The number of benzene rings is 1. The second-order valence-electron chi connectivity index (χ2n) is 6.67. The largest absolute Gasteiger partial charge is 0.508 e. The Hall–Kier alpha value is -1.75. The number of aliphatic carboxylic acids is 1. The molecular weight excluding hydrogens is 346 g/mol. The molecule has 0 aliphatic carbocycles. The molecule has 6 atom stereocenters. The lowest BCUT2D eigenvalue weighted by molar-refractivity contribution is -0.325. The Labute approximate surface area is 150 Å². The molecule has 26 heavy (non-hydrogen) atoms. The van der Waals surface area contributed by atoms with Gasteiger partial charge in [-0.05, 0) is 24.6 Å². The Morgan fingerprint density at radius 3 is 2.50 bits per heavy atom. The van der Waals surface area contributed by atoms with Gasteiger partial charge in [-0.3, -0.25) is 4.79 Å². The Morgan fingerprint density at radius 1 is 1.31 bits per heavy atom. The van der Waals surface area contributed by atoms with Crippen molar-refractivity contribution >= 4 is 5.97 Å². The monoisotopic (exact) mass is 371 g/mol. The van der Waals surface area contributed by atoms with Gasteiger partial charge in [-0.1, -0.05) is 12.1 Å². The molecular formula is C17H25NO8. The number of ether oxygens (including phenoxy) is 1. The molecule has 2 unspecified atom stereocenters. The normalized spacial score (nSPS) is 31.3. The Bertz CT molecular complexity index is 609. The zero-order valence-electron chi connectivity index (χ0n) is 14.3. The fourth-order valence-corrected chi connectivity index (χ4v) is 3.07. The molecule has 0 radical (unpaired) electrons. The molecule has 2 rings (SSSR count). The van der Waals surface area contributed by atoms with Crippen LogP contribution in [0, 0.1) is 0 Å². The van der Waals surface area contributed by atoms with Crippen molar-refractivity contribution in [3.63, 3.8) is 0 Å². The summed E-state index contributed by atoms with van der Waals surface area (Å²) in [4.78, 5) is 11.2. The number of carboxylic acid groups (broad SMARTS) is 1. The number of hydrogen-bond donors (Lipinski definition) is 7. The van der Waals surface area contributed by atoms with Gasteiger partial charge < -0.3 is 40.7 Å². The van der Waals surface area contributed by atoms with E-state index in [9.17, 15) is 30.3 Å². The van der Waals surface area contributed by atoms with Crippen LogP contribution in [-0.4, -0.2) is 73.4 Å². The Balaban J connectivity index is 2.08. The zero-order chi connectivity index (χ0) is 19.5. The number of aromatic hydroxyl groups is 1. The van der Waals surface area contributed by atoms with Crippen LogP contribution in [0.4, 0.5) is 0 Å². The van der Waals surface area contributed by atoms with E-state index in [-0.39, 0.29) is 25.2 Å². The van der Waals surface area contributed by atoms with E-state index in [0.29, 0.717) is 5.56 Å². The van der Waals surface area contributed by atoms with Gasteiger partial charge >= 0.3 is 5.97 Å². The molecule has 0 bridgehead atoms. The van der Waals surface area contributed by atoms with Crippen molar-refractivity contribution in [3.8, 4) is 5.75 Å². The topological polar surface area (TPSA) is 160 Å². The van der Waals surface area contributed by atoms with E-state index in [1.807, 2.05) is 0 Å². The molecule has 0 aromatic heterocycles. The minimum Gasteiger partial charge on any atom is -0.508 e. The smallest absolute Gasteiger partial charge is 0.305 e. The molecule has 1 aliphatic heterocycles. The maximum Gasteiger partial charge on any atom is 0.305 e. The summed E-state index contributed by atoms with van der Waals surface area (Å²) >= 11 is 0. The maximum atomic E-state index is 11.2. The number of phenolic OH excluding ortho intramolecular Hbond substituents is 1. The van der Waals surface area contributed by atoms with E-state index in [4.69, 9.17) is 9.84 Å². The number of carboxylic acids is 1. The van der Waals surface area contributed by atoms with Crippen LogP contribution in [0.15, 0.2) is 24.3 Å². The highest BCUT2D eigenvalue weighted by Crippen LogP contribution is 2.29. The highest BCUT2D eigenvalue weighted by Gasteiger charge is 2.49. The highest BCUT2D eigenvalue weighted by molar-refractivity contribution is 5.68. The lowest BCUT2D eigenvalue weighted by atomic mass is 9.91. The van der Waals surface area contributed by atoms with Gasteiger partial charge in [0.25, 0.3) is 0 Å². The Morgan fingerprint density at radius 2 is 1.92 bits per heavy atom. The first kappa shape index (κ1) is 20.6. The molecule has 7 N–H and O–H groups in total. The van der Waals surface area contributed by atoms with Gasteiger partial charge in [-0.2, -0.15) is 0 Å². The summed E-state index contributed by atoms with van der Waals surface area (Å²) in [5, 5.41) is 61.2. The average molecular weight is 371 g/mol. The molecule has 1 aromatic carbocycles. The first-order valence-electron chi connectivity index (χ1n) is 8.29. The number of carbonyl (C=O) groups is 1. The van der Waals surface area contributed by atoms with Crippen LogP contribution in [0.3, 0.4) is 0 Å². The average Bonchev–Trinajstić information content (AvgIpc) is 2.56. The van der Waals surface area contributed by atoms with Crippen LogP contribution in [0.1, 0.15) is 31.4 Å².